The molecule has 0 saturated heterocycles. The van der Waals surface area contributed by atoms with Gasteiger partial charge in [-0.1, -0.05) is 25.1 Å². The smallest absolute Gasteiger partial charge is 0.200 e. The normalized spacial score (nSPS) is 12.7. The third kappa shape index (κ3) is 1.86. The van der Waals surface area contributed by atoms with Gasteiger partial charge in [-0.15, -0.1) is 0 Å². The molecule has 20 heavy (non-hydrogen) atoms. The van der Waals surface area contributed by atoms with Crippen molar-refractivity contribution < 1.29 is 14.3 Å². The molecule has 0 aliphatic rings. The average Bonchev–Trinajstić information content (AvgIpc) is 2.46. The van der Waals surface area contributed by atoms with Crippen LogP contribution >= 0.6 is 0 Å². The monoisotopic (exact) mass is 267 g/mol. The molecule has 1 atom stereocenters. The molecule has 0 fully saturated rings. The van der Waals surface area contributed by atoms with Crippen molar-refractivity contribution in [2.45, 2.75) is 12.8 Å². The minimum atomic E-state index is -1.17. The van der Waals surface area contributed by atoms with E-state index in [2.05, 4.69) is 0 Å². The second-order valence-corrected chi connectivity index (χ2v) is 4.72. The largest absolute Gasteiger partial charge is 0.550 e. The predicted molar refractivity (Wildman–Crippen MR) is 73.4 cm³/mol. The number of hydrogen-bond donors (Lipinski definition) is 0. The fourth-order valence-electron chi connectivity index (χ4n) is 2.23. The van der Waals surface area contributed by atoms with Gasteiger partial charge >= 0.3 is 0 Å². The summed E-state index contributed by atoms with van der Waals surface area (Å²) in [7, 11) is 0. The Labute approximate surface area is 114 Å². The summed E-state index contributed by atoms with van der Waals surface area (Å²) in [5.74, 6) is -1.94. The Bertz CT molecular complexity index is 876. The lowest BCUT2D eigenvalue weighted by molar-refractivity contribution is -0.307. The summed E-state index contributed by atoms with van der Waals surface area (Å²) in [5.41, 5.74) is 1.34. The highest BCUT2D eigenvalue weighted by atomic mass is 16.4. The van der Waals surface area contributed by atoms with Crippen LogP contribution in [-0.4, -0.2) is 5.97 Å². The van der Waals surface area contributed by atoms with Crippen molar-refractivity contribution in [3.63, 3.8) is 0 Å². The first-order chi connectivity index (χ1) is 9.58. The van der Waals surface area contributed by atoms with Gasteiger partial charge in [-0.05, 0) is 29.8 Å². The van der Waals surface area contributed by atoms with E-state index in [0.717, 1.165) is 0 Å². The Morgan fingerprint density at radius 2 is 1.80 bits per heavy atom. The molecule has 3 rings (SSSR count). The maximum atomic E-state index is 12.4. The molecular formula is C16H11O4-. The van der Waals surface area contributed by atoms with Crippen LogP contribution in [0.15, 0.2) is 51.7 Å². The molecule has 1 heterocycles. The molecule has 2 aromatic carbocycles. The van der Waals surface area contributed by atoms with E-state index in [-0.39, 0.29) is 5.43 Å². The molecule has 4 heteroatoms. The Kier molecular flexibility index (Phi) is 2.79. The van der Waals surface area contributed by atoms with E-state index in [4.69, 9.17) is 4.42 Å². The van der Waals surface area contributed by atoms with Crippen LogP contribution in [0.5, 0.6) is 0 Å². The fourth-order valence-corrected chi connectivity index (χ4v) is 2.23. The van der Waals surface area contributed by atoms with Crippen molar-refractivity contribution in [1.82, 2.24) is 0 Å². The number of fused-ring (bicyclic) bond motifs is 2. The van der Waals surface area contributed by atoms with Gasteiger partial charge in [-0.3, -0.25) is 4.79 Å². The molecule has 1 unspecified atom stereocenters. The van der Waals surface area contributed by atoms with Gasteiger partial charge in [0.1, 0.15) is 11.2 Å². The molecule has 0 bridgehead atoms. The van der Waals surface area contributed by atoms with Crippen LogP contribution < -0.4 is 10.5 Å². The molecule has 0 aliphatic heterocycles. The highest BCUT2D eigenvalue weighted by Crippen LogP contribution is 2.22. The first-order valence-electron chi connectivity index (χ1n) is 6.24. The quantitative estimate of drug-likeness (QED) is 0.664. The Hall–Kier alpha value is -2.62. The molecule has 0 radical (unpaired) electrons. The van der Waals surface area contributed by atoms with E-state index >= 15 is 0 Å². The molecular weight excluding hydrogens is 256 g/mol. The van der Waals surface area contributed by atoms with Gasteiger partial charge in [-0.2, -0.15) is 0 Å². The third-order valence-corrected chi connectivity index (χ3v) is 3.45. The number of carbonyl (C=O) groups is 1. The molecule has 3 aromatic rings. The maximum Gasteiger partial charge on any atom is 0.200 e. The first-order valence-corrected chi connectivity index (χ1v) is 6.24. The van der Waals surface area contributed by atoms with Gasteiger partial charge in [0.15, 0.2) is 0 Å². The maximum absolute atomic E-state index is 12.4. The summed E-state index contributed by atoms with van der Waals surface area (Å²) in [4.78, 5) is 23.3. The van der Waals surface area contributed by atoms with Crippen molar-refractivity contribution in [2.24, 2.45) is 0 Å². The van der Waals surface area contributed by atoms with Crippen LogP contribution in [0.4, 0.5) is 0 Å². The molecule has 0 aliphatic carbocycles. The number of rotatable bonds is 2. The highest BCUT2D eigenvalue weighted by molar-refractivity contribution is 5.90. The standard InChI is InChI=1S/C16H12O4/c1-9(16(18)19)10-6-7-14-12(8-10)15(17)11-4-2-3-5-13(11)20-14/h2-9H,1H3,(H,18,19)/p-1. The summed E-state index contributed by atoms with van der Waals surface area (Å²) < 4.78 is 5.66. The topological polar surface area (TPSA) is 70.3 Å². The number of carboxylic acids is 1. The zero-order valence-corrected chi connectivity index (χ0v) is 10.8. The van der Waals surface area contributed by atoms with Crippen LogP contribution in [0.3, 0.4) is 0 Å². The Balaban J connectivity index is 2.34. The number of para-hydroxylation sites is 1. The zero-order chi connectivity index (χ0) is 14.3. The lowest BCUT2D eigenvalue weighted by Crippen LogP contribution is -2.28. The van der Waals surface area contributed by atoms with Crippen LogP contribution in [0, 0.1) is 0 Å². The van der Waals surface area contributed by atoms with Crippen LogP contribution in [0.25, 0.3) is 21.9 Å². The SMILES string of the molecule is CC(C(=O)[O-])c1ccc2oc3ccccc3c(=O)c2c1. The fraction of sp³-hybridized carbons (Fsp3) is 0.125. The van der Waals surface area contributed by atoms with Crippen molar-refractivity contribution in [1.29, 1.82) is 0 Å². The van der Waals surface area contributed by atoms with E-state index in [1.54, 1.807) is 42.5 Å². The minimum absolute atomic E-state index is 0.158. The summed E-state index contributed by atoms with van der Waals surface area (Å²) in [6.45, 7) is 1.53. The van der Waals surface area contributed by atoms with Crippen LogP contribution in [0.2, 0.25) is 0 Å². The van der Waals surface area contributed by atoms with Crippen molar-refractivity contribution in [3.8, 4) is 0 Å². The van der Waals surface area contributed by atoms with E-state index in [1.165, 1.54) is 6.92 Å². The highest BCUT2D eigenvalue weighted by Gasteiger charge is 2.11. The third-order valence-electron chi connectivity index (χ3n) is 3.45. The lowest BCUT2D eigenvalue weighted by atomic mass is 9.99. The number of benzene rings is 2. The molecule has 0 saturated carbocycles. The van der Waals surface area contributed by atoms with E-state index < -0.39 is 11.9 Å². The zero-order valence-electron chi connectivity index (χ0n) is 10.8. The number of hydrogen-bond acceptors (Lipinski definition) is 4. The van der Waals surface area contributed by atoms with Gasteiger partial charge in [0.05, 0.1) is 10.8 Å². The number of aliphatic carboxylic acids is 1. The number of carbonyl (C=O) groups excluding carboxylic acids is 1. The van der Waals surface area contributed by atoms with Crippen LogP contribution in [0.1, 0.15) is 18.4 Å². The molecule has 0 amide bonds. The summed E-state index contributed by atoms with van der Waals surface area (Å²) in [6, 6.07) is 11.8. The van der Waals surface area contributed by atoms with E-state index in [0.29, 0.717) is 27.5 Å². The second kappa shape index (κ2) is 4.49. The molecule has 1 aromatic heterocycles. The molecule has 4 nitrogen and oxygen atoms in total. The lowest BCUT2D eigenvalue weighted by Gasteiger charge is -2.13. The van der Waals surface area contributed by atoms with E-state index in [9.17, 15) is 14.7 Å². The Morgan fingerprint density at radius 1 is 1.10 bits per heavy atom. The minimum Gasteiger partial charge on any atom is -0.550 e. The summed E-state index contributed by atoms with van der Waals surface area (Å²) in [5, 5.41) is 11.8. The van der Waals surface area contributed by atoms with Gasteiger partial charge in [0.25, 0.3) is 0 Å². The second-order valence-electron chi connectivity index (χ2n) is 4.72. The Morgan fingerprint density at radius 3 is 2.55 bits per heavy atom. The molecule has 100 valence electrons. The van der Waals surface area contributed by atoms with Crippen molar-refractivity contribution >= 4 is 27.9 Å². The summed E-state index contributed by atoms with van der Waals surface area (Å²) in [6.07, 6.45) is 0. The van der Waals surface area contributed by atoms with Crippen molar-refractivity contribution in [3.05, 3.63) is 58.3 Å². The van der Waals surface area contributed by atoms with Gasteiger partial charge in [0, 0.05) is 11.9 Å². The summed E-state index contributed by atoms with van der Waals surface area (Å²) >= 11 is 0. The van der Waals surface area contributed by atoms with Gasteiger partial charge in [0.2, 0.25) is 5.43 Å². The van der Waals surface area contributed by atoms with Crippen LogP contribution in [-0.2, 0) is 4.79 Å². The molecule has 0 N–H and O–H groups in total. The predicted octanol–water partition coefficient (Wildman–Crippen LogP) is 1.80. The average molecular weight is 267 g/mol. The van der Waals surface area contributed by atoms with Crippen molar-refractivity contribution in [2.75, 3.05) is 0 Å². The number of carboxylic acid groups (broad SMARTS) is 1. The van der Waals surface area contributed by atoms with E-state index in [1.807, 2.05) is 0 Å². The van der Waals surface area contributed by atoms with Gasteiger partial charge < -0.3 is 14.3 Å². The molecule has 0 spiro atoms. The first kappa shape index (κ1) is 12.4. The van der Waals surface area contributed by atoms with Gasteiger partial charge in [-0.25, -0.2) is 0 Å².